The molecule has 0 bridgehead atoms. The van der Waals surface area contributed by atoms with Crippen molar-refractivity contribution in [2.24, 2.45) is 11.8 Å². The Morgan fingerprint density at radius 1 is 1.28 bits per heavy atom. The van der Waals surface area contributed by atoms with Crippen LogP contribution in [0.3, 0.4) is 0 Å². The Labute approximate surface area is 149 Å². The van der Waals surface area contributed by atoms with Crippen LogP contribution in [0.5, 0.6) is 0 Å². The third kappa shape index (κ3) is 2.97. The fourth-order valence-electron chi connectivity index (χ4n) is 4.93. The van der Waals surface area contributed by atoms with Crippen molar-refractivity contribution in [1.29, 1.82) is 0 Å². The summed E-state index contributed by atoms with van der Waals surface area (Å²) < 4.78 is 5.23. The number of nitrogens with one attached hydrogen (secondary N) is 1. The van der Waals surface area contributed by atoms with Crippen molar-refractivity contribution in [3.05, 3.63) is 35.5 Å². The van der Waals surface area contributed by atoms with E-state index >= 15 is 0 Å². The topological polar surface area (TPSA) is 45.3 Å². The Bertz CT molecular complexity index is 766. The van der Waals surface area contributed by atoms with Crippen LogP contribution in [0.2, 0.25) is 0 Å². The number of para-hydroxylation sites is 1. The van der Waals surface area contributed by atoms with E-state index in [0.29, 0.717) is 30.9 Å². The van der Waals surface area contributed by atoms with Gasteiger partial charge in [0, 0.05) is 36.1 Å². The third-order valence-corrected chi connectivity index (χ3v) is 6.19. The van der Waals surface area contributed by atoms with Gasteiger partial charge in [-0.15, -0.1) is 0 Å². The lowest BCUT2D eigenvalue weighted by Gasteiger charge is -2.46. The quantitative estimate of drug-likeness (QED) is 0.854. The number of fused-ring (bicyclic) bond motifs is 5. The first-order valence-electron chi connectivity index (χ1n) is 9.70. The first-order valence-corrected chi connectivity index (χ1v) is 9.70. The second-order valence-corrected chi connectivity index (χ2v) is 7.50. The van der Waals surface area contributed by atoms with Gasteiger partial charge in [-0.3, -0.25) is 9.69 Å². The minimum absolute atomic E-state index is 0.0351. The number of carbonyl (C=O) groups is 1. The smallest absolute Gasteiger partial charge is 0.306 e. The van der Waals surface area contributed by atoms with Crippen LogP contribution in [0.15, 0.2) is 24.3 Å². The van der Waals surface area contributed by atoms with Gasteiger partial charge in [-0.25, -0.2) is 0 Å². The predicted octanol–water partition coefficient (Wildman–Crippen LogP) is 4.07. The highest BCUT2D eigenvalue weighted by atomic mass is 16.5. The third-order valence-electron chi connectivity index (χ3n) is 6.19. The minimum atomic E-state index is -0.0351. The zero-order chi connectivity index (χ0) is 17.4. The molecule has 0 saturated carbocycles. The highest BCUT2D eigenvalue weighted by Gasteiger charge is 2.40. The Kier molecular flexibility index (Phi) is 4.55. The maximum atomic E-state index is 12.1. The molecule has 1 aromatic carbocycles. The number of aromatic nitrogens is 1. The van der Waals surface area contributed by atoms with Crippen molar-refractivity contribution in [2.75, 3.05) is 19.7 Å². The molecular weight excluding hydrogens is 312 g/mol. The fraction of sp³-hybridized carbons (Fsp3) is 0.571. The number of nitrogens with zero attached hydrogens (tertiary/aromatic N) is 1. The van der Waals surface area contributed by atoms with E-state index in [9.17, 15) is 4.79 Å². The lowest BCUT2D eigenvalue weighted by atomic mass is 9.76. The maximum Gasteiger partial charge on any atom is 0.306 e. The van der Waals surface area contributed by atoms with Gasteiger partial charge in [0.1, 0.15) is 0 Å². The molecule has 3 atom stereocenters. The number of piperidine rings is 1. The molecule has 2 aromatic rings. The molecule has 1 saturated heterocycles. The summed E-state index contributed by atoms with van der Waals surface area (Å²) in [5.74, 6) is 0.973. The first-order chi connectivity index (χ1) is 12.2. The van der Waals surface area contributed by atoms with Gasteiger partial charge in [-0.2, -0.15) is 0 Å². The highest BCUT2D eigenvalue weighted by Crippen LogP contribution is 2.44. The summed E-state index contributed by atoms with van der Waals surface area (Å²) in [5.41, 5.74) is 4.12. The molecule has 3 heterocycles. The Balaban J connectivity index is 1.63. The summed E-state index contributed by atoms with van der Waals surface area (Å²) in [7, 11) is 0. The van der Waals surface area contributed by atoms with E-state index in [1.165, 1.54) is 22.2 Å². The van der Waals surface area contributed by atoms with Crippen molar-refractivity contribution >= 4 is 16.9 Å². The standard InChI is InChI=1S/C21H28N2O2/c1-3-14-13-23-10-9-17-16-7-5-6-8-18(16)22-21(17)19(23)11-15(14)12-20(24)25-4-2/h5-8,14-15,19,22H,3-4,9-13H2,1-2H3/t14-,15+,19-/m0/s1. The van der Waals surface area contributed by atoms with Gasteiger partial charge in [0.15, 0.2) is 0 Å². The molecule has 1 fully saturated rings. The van der Waals surface area contributed by atoms with Gasteiger partial charge in [0.05, 0.1) is 12.6 Å². The Hall–Kier alpha value is -1.81. The van der Waals surface area contributed by atoms with E-state index in [1.807, 2.05) is 6.92 Å². The van der Waals surface area contributed by atoms with Crippen molar-refractivity contribution in [3.8, 4) is 0 Å². The number of rotatable bonds is 4. The van der Waals surface area contributed by atoms with Crippen molar-refractivity contribution in [3.63, 3.8) is 0 Å². The number of carbonyl (C=O) groups excluding carboxylic acids is 1. The van der Waals surface area contributed by atoms with Gasteiger partial charge in [-0.1, -0.05) is 31.5 Å². The van der Waals surface area contributed by atoms with Crippen LogP contribution in [0, 0.1) is 11.8 Å². The van der Waals surface area contributed by atoms with Crippen LogP contribution in [0.1, 0.15) is 50.4 Å². The van der Waals surface area contributed by atoms with Crippen LogP contribution in [0.4, 0.5) is 0 Å². The number of aromatic amines is 1. The van der Waals surface area contributed by atoms with Crippen LogP contribution in [-0.4, -0.2) is 35.5 Å². The molecule has 4 rings (SSSR count). The fourth-order valence-corrected chi connectivity index (χ4v) is 4.93. The summed E-state index contributed by atoms with van der Waals surface area (Å²) in [4.78, 5) is 18.4. The van der Waals surface area contributed by atoms with Crippen molar-refractivity contribution < 1.29 is 9.53 Å². The molecule has 2 aliphatic heterocycles. The largest absolute Gasteiger partial charge is 0.466 e. The van der Waals surface area contributed by atoms with Gasteiger partial charge in [-0.05, 0) is 43.2 Å². The summed E-state index contributed by atoms with van der Waals surface area (Å²) in [6.45, 7) is 6.84. The Morgan fingerprint density at radius 2 is 2.12 bits per heavy atom. The molecule has 25 heavy (non-hydrogen) atoms. The minimum Gasteiger partial charge on any atom is -0.466 e. The van der Waals surface area contributed by atoms with Gasteiger partial charge >= 0.3 is 5.97 Å². The maximum absolute atomic E-state index is 12.1. The molecule has 0 unspecified atom stereocenters. The van der Waals surface area contributed by atoms with Gasteiger partial charge < -0.3 is 9.72 Å². The Morgan fingerprint density at radius 3 is 2.92 bits per heavy atom. The molecule has 134 valence electrons. The number of benzene rings is 1. The molecule has 1 aromatic heterocycles. The number of hydrogen-bond acceptors (Lipinski definition) is 3. The van der Waals surface area contributed by atoms with Gasteiger partial charge in [0.25, 0.3) is 0 Å². The average molecular weight is 340 g/mol. The summed E-state index contributed by atoms with van der Waals surface area (Å²) >= 11 is 0. The molecule has 2 aliphatic rings. The van der Waals surface area contributed by atoms with Gasteiger partial charge in [0.2, 0.25) is 0 Å². The van der Waals surface area contributed by atoms with E-state index in [4.69, 9.17) is 4.74 Å². The van der Waals surface area contributed by atoms with E-state index < -0.39 is 0 Å². The second kappa shape index (κ2) is 6.83. The summed E-state index contributed by atoms with van der Waals surface area (Å²) in [6, 6.07) is 9.04. The first kappa shape index (κ1) is 16.6. The van der Waals surface area contributed by atoms with E-state index in [-0.39, 0.29) is 5.97 Å². The van der Waals surface area contributed by atoms with Crippen LogP contribution in [-0.2, 0) is 16.0 Å². The molecule has 4 nitrogen and oxygen atoms in total. The number of ether oxygens (including phenoxy) is 1. The normalized spacial score (nSPS) is 26.2. The summed E-state index contributed by atoms with van der Waals surface area (Å²) in [5, 5.41) is 1.37. The SMILES string of the molecule is CCOC(=O)C[C@H]1C[C@H]2c3[nH]c4ccccc4c3CCN2C[C@@H]1CC. The molecule has 0 amide bonds. The number of H-pyrrole nitrogens is 1. The highest BCUT2D eigenvalue weighted by molar-refractivity contribution is 5.85. The lowest BCUT2D eigenvalue weighted by molar-refractivity contribution is -0.145. The van der Waals surface area contributed by atoms with Crippen LogP contribution in [0.25, 0.3) is 10.9 Å². The second-order valence-electron chi connectivity index (χ2n) is 7.50. The molecule has 4 heteroatoms. The molecule has 0 radical (unpaired) electrons. The number of esters is 1. The molecular formula is C21H28N2O2. The lowest BCUT2D eigenvalue weighted by Crippen LogP contribution is -2.46. The zero-order valence-corrected chi connectivity index (χ0v) is 15.3. The molecule has 0 spiro atoms. The van der Waals surface area contributed by atoms with E-state index in [0.717, 1.165) is 32.4 Å². The molecule has 0 aliphatic carbocycles. The summed E-state index contributed by atoms with van der Waals surface area (Å²) in [6.07, 6.45) is 3.87. The zero-order valence-electron chi connectivity index (χ0n) is 15.3. The van der Waals surface area contributed by atoms with Crippen LogP contribution >= 0.6 is 0 Å². The van der Waals surface area contributed by atoms with Crippen LogP contribution < -0.4 is 0 Å². The monoisotopic (exact) mass is 340 g/mol. The number of hydrogen-bond donors (Lipinski definition) is 1. The predicted molar refractivity (Wildman–Crippen MR) is 99.5 cm³/mol. The average Bonchev–Trinajstić information content (AvgIpc) is 3.00. The van der Waals surface area contributed by atoms with E-state index in [1.54, 1.807) is 0 Å². The van der Waals surface area contributed by atoms with E-state index in [2.05, 4.69) is 41.1 Å². The van der Waals surface area contributed by atoms with Crippen molar-refractivity contribution in [1.82, 2.24) is 9.88 Å². The molecule has 1 N–H and O–H groups in total. The van der Waals surface area contributed by atoms with Crippen molar-refractivity contribution in [2.45, 2.75) is 45.6 Å².